The van der Waals surface area contributed by atoms with Crippen molar-refractivity contribution in [2.75, 3.05) is 4.90 Å². The summed E-state index contributed by atoms with van der Waals surface area (Å²) in [7, 11) is 0. The van der Waals surface area contributed by atoms with Gasteiger partial charge in [0.2, 0.25) is 0 Å². The Morgan fingerprint density at radius 2 is 1.57 bits per heavy atom. The number of benzene rings is 2. The first-order valence-corrected chi connectivity index (χ1v) is 7.21. The van der Waals surface area contributed by atoms with Gasteiger partial charge in [-0.05, 0) is 23.8 Å². The highest BCUT2D eigenvalue weighted by Crippen LogP contribution is 2.37. The van der Waals surface area contributed by atoms with Crippen LogP contribution in [0.15, 0.2) is 36.4 Å². The molecule has 2 aromatic carbocycles. The van der Waals surface area contributed by atoms with Crippen molar-refractivity contribution in [2.24, 2.45) is 0 Å². The van der Waals surface area contributed by atoms with Crippen molar-refractivity contribution in [3.8, 4) is 0 Å². The quantitative estimate of drug-likeness (QED) is 0.761. The molecule has 0 aliphatic carbocycles. The Morgan fingerprint density at radius 3 is 2.33 bits per heavy atom. The van der Waals surface area contributed by atoms with Crippen LogP contribution in [-0.2, 0) is 11.3 Å². The summed E-state index contributed by atoms with van der Waals surface area (Å²) in [5.74, 6) is -1.18. The Kier molecular flexibility index (Phi) is 3.66. The van der Waals surface area contributed by atoms with Crippen LogP contribution in [0, 0.1) is 0 Å². The van der Waals surface area contributed by atoms with Crippen LogP contribution in [0.25, 0.3) is 0 Å². The predicted octanol–water partition coefficient (Wildman–Crippen LogP) is 4.38. The fraction of sp³-hybridized carbons (Fsp3) is 0.0667. The van der Waals surface area contributed by atoms with Gasteiger partial charge in [0, 0.05) is 0 Å². The van der Waals surface area contributed by atoms with Gasteiger partial charge in [-0.15, -0.1) is 0 Å². The maximum atomic E-state index is 12.2. The zero-order valence-corrected chi connectivity index (χ0v) is 12.8. The second-order valence-corrected chi connectivity index (χ2v) is 5.76. The van der Waals surface area contributed by atoms with Crippen molar-refractivity contribution >= 4 is 52.2 Å². The zero-order chi connectivity index (χ0) is 15.1. The summed E-state index contributed by atoms with van der Waals surface area (Å²) in [4.78, 5) is 25.5. The number of anilines is 1. The normalized spacial score (nSPS) is 13.8. The second-order valence-electron chi connectivity index (χ2n) is 4.57. The number of carbonyl (C=O) groups excluding carboxylic acids is 2. The molecule has 0 fully saturated rings. The van der Waals surface area contributed by atoms with Crippen LogP contribution in [-0.4, -0.2) is 11.7 Å². The van der Waals surface area contributed by atoms with Crippen molar-refractivity contribution in [1.82, 2.24) is 0 Å². The lowest BCUT2D eigenvalue weighted by Crippen LogP contribution is -2.29. The van der Waals surface area contributed by atoms with E-state index >= 15 is 0 Å². The molecule has 3 rings (SSSR count). The topological polar surface area (TPSA) is 37.4 Å². The Hall–Kier alpha value is -1.55. The van der Waals surface area contributed by atoms with Crippen LogP contribution in [0.5, 0.6) is 0 Å². The van der Waals surface area contributed by atoms with Crippen LogP contribution in [0.4, 0.5) is 5.69 Å². The van der Waals surface area contributed by atoms with E-state index in [1.807, 2.05) is 0 Å². The Morgan fingerprint density at radius 1 is 0.905 bits per heavy atom. The van der Waals surface area contributed by atoms with E-state index < -0.39 is 11.7 Å². The van der Waals surface area contributed by atoms with Gasteiger partial charge in [-0.2, -0.15) is 0 Å². The third-order valence-electron chi connectivity index (χ3n) is 3.30. The van der Waals surface area contributed by atoms with Crippen molar-refractivity contribution in [3.63, 3.8) is 0 Å². The third kappa shape index (κ3) is 2.31. The molecule has 1 aliphatic heterocycles. The predicted molar refractivity (Wildman–Crippen MR) is 83.4 cm³/mol. The fourth-order valence-electron chi connectivity index (χ4n) is 2.30. The van der Waals surface area contributed by atoms with E-state index in [9.17, 15) is 9.59 Å². The number of rotatable bonds is 2. The zero-order valence-electron chi connectivity index (χ0n) is 10.6. The molecule has 1 amide bonds. The average Bonchev–Trinajstić information content (AvgIpc) is 2.70. The number of ketones is 1. The van der Waals surface area contributed by atoms with E-state index in [0.29, 0.717) is 31.9 Å². The number of carbonyl (C=O) groups is 2. The van der Waals surface area contributed by atoms with Gasteiger partial charge in [0.1, 0.15) is 0 Å². The maximum Gasteiger partial charge on any atom is 0.299 e. The number of hydrogen-bond donors (Lipinski definition) is 0. The first kappa shape index (κ1) is 14.4. The van der Waals surface area contributed by atoms with Crippen LogP contribution in [0.2, 0.25) is 15.1 Å². The summed E-state index contributed by atoms with van der Waals surface area (Å²) in [5, 5.41) is 1.11. The Labute approximate surface area is 136 Å². The van der Waals surface area contributed by atoms with Crippen molar-refractivity contribution in [1.29, 1.82) is 0 Å². The molecule has 0 unspecified atom stereocenters. The number of fused-ring (bicyclic) bond motifs is 1. The second kappa shape index (κ2) is 5.34. The molecule has 106 valence electrons. The van der Waals surface area contributed by atoms with Crippen molar-refractivity contribution in [3.05, 3.63) is 62.6 Å². The molecule has 3 nitrogen and oxygen atoms in total. The van der Waals surface area contributed by atoms with Gasteiger partial charge in [-0.25, -0.2) is 0 Å². The summed E-state index contributed by atoms with van der Waals surface area (Å²) in [6, 6.07) is 10.0. The molecule has 0 saturated carbocycles. The lowest BCUT2D eigenvalue weighted by Gasteiger charge is -2.18. The molecule has 0 saturated heterocycles. The Bertz CT molecular complexity index is 774. The van der Waals surface area contributed by atoms with E-state index in [2.05, 4.69) is 0 Å². The number of nitrogens with zero attached hydrogens (tertiary/aromatic N) is 1. The van der Waals surface area contributed by atoms with Crippen LogP contribution in [0.1, 0.15) is 15.9 Å². The van der Waals surface area contributed by atoms with Gasteiger partial charge < -0.3 is 0 Å². The molecule has 0 radical (unpaired) electrons. The largest absolute Gasteiger partial charge is 0.299 e. The standard InChI is InChI=1S/C15H8Cl3NO2/c16-10-5-1-3-8(12(10)18)7-19-13-9(14(20)15(19)21)4-2-6-11(13)17/h1-6H,7H2. The Balaban J connectivity index is 2.07. The summed E-state index contributed by atoms with van der Waals surface area (Å²) >= 11 is 18.2. The molecular weight excluding hydrogens is 333 g/mol. The molecule has 1 aliphatic rings. The van der Waals surface area contributed by atoms with Crippen molar-refractivity contribution in [2.45, 2.75) is 6.54 Å². The third-order valence-corrected chi connectivity index (χ3v) is 4.46. The molecule has 1 heterocycles. The molecule has 0 bridgehead atoms. The van der Waals surface area contributed by atoms with Gasteiger partial charge in [-0.3, -0.25) is 14.5 Å². The maximum absolute atomic E-state index is 12.2. The van der Waals surface area contributed by atoms with Crippen LogP contribution in [0.3, 0.4) is 0 Å². The minimum absolute atomic E-state index is 0.140. The summed E-state index contributed by atoms with van der Waals surface area (Å²) in [6.07, 6.45) is 0. The lowest BCUT2D eigenvalue weighted by molar-refractivity contribution is -0.114. The van der Waals surface area contributed by atoms with Crippen molar-refractivity contribution < 1.29 is 9.59 Å². The van der Waals surface area contributed by atoms with Crippen LogP contribution >= 0.6 is 34.8 Å². The lowest BCUT2D eigenvalue weighted by atomic mass is 10.1. The van der Waals surface area contributed by atoms with Gasteiger partial charge in [0.05, 0.1) is 32.9 Å². The molecule has 2 aromatic rings. The summed E-state index contributed by atoms with van der Waals surface area (Å²) in [6.45, 7) is 0.140. The number of Topliss-reactive ketones (excluding diaryl/α,β-unsaturated/α-hetero) is 1. The number of para-hydroxylation sites is 1. The molecule has 0 atom stereocenters. The van der Waals surface area contributed by atoms with E-state index in [0.717, 1.165) is 0 Å². The highest BCUT2D eigenvalue weighted by atomic mass is 35.5. The minimum atomic E-state index is -0.617. The average molecular weight is 341 g/mol. The summed E-state index contributed by atoms with van der Waals surface area (Å²) in [5.41, 5.74) is 1.38. The number of hydrogen-bond acceptors (Lipinski definition) is 2. The van der Waals surface area contributed by atoms with Crippen LogP contribution < -0.4 is 4.90 Å². The van der Waals surface area contributed by atoms with Gasteiger partial charge >= 0.3 is 0 Å². The van der Waals surface area contributed by atoms with Gasteiger partial charge in [-0.1, -0.05) is 53.0 Å². The molecule has 0 N–H and O–H groups in total. The van der Waals surface area contributed by atoms with E-state index in [1.165, 1.54) is 4.90 Å². The fourth-order valence-corrected chi connectivity index (χ4v) is 2.96. The number of halogens is 3. The SMILES string of the molecule is O=C1C(=O)N(Cc2cccc(Cl)c2Cl)c2c(Cl)cccc21. The smallest absolute Gasteiger partial charge is 0.299 e. The van der Waals surface area contributed by atoms with Gasteiger partial charge in [0.15, 0.2) is 0 Å². The van der Waals surface area contributed by atoms with Gasteiger partial charge in [0.25, 0.3) is 11.7 Å². The summed E-state index contributed by atoms with van der Waals surface area (Å²) < 4.78 is 0. The molecule has 0 aromatic heterocycles. The monoisotopic (exact) mass is 339 g/mol. The first-order chi connectivity index (χ1) is 10.0. The molecule has 0 spiro atoms. The molecule has 21 heavy (non-hydrogen) atoms. The first-order valence-electron chi connectivity index (χ1n) is 6.08. The highest BCUT2D eigenvalue weighted by molar-refractivity contribution is 6.54. The van der Waals surface area contributed by atoms with E-state index in [1.54, 1.807) is 36.4 Å². The highest BCUT2D eigenvalue weighted by Gasteiger charge is 2.37. The van der Waals surface area contributed by atoms with E-state index in [-0.39, 0.29) is 6.54 Å². The minimum Gasteiger partial charge on any atom is -0.299 e. The van der Waals surface area contributed by atoms with E-state index in [4.69, 9.17) is 34.8 Å². The molecule has 6 heteroatoms. The molecular formula is C15H8Cl3NO2. The number of amides is 1.